The number of benzene rings is 1. The van der Waals surface area contributed by atoms with Crippen molar-refractivity contribution in [2.24, 2.45) is 17.8 Å². The van der Waals surface area contributed by atoms with Crippen LogP contribution >= 0.6 is 0 Å². The largest absolute Gasteiger partial charge is 0.385 e. The van der Waals surface area contributed by atoms with Crippen molar-refractivity contribution in [3.05, 3.63) is 40.7 Å². The summed E-state index contributed by atoms with van der Waals surface area (Å²) in [6.07, 6.45) is 5.39. The van der Waals surface area contributed by atoms with Crippen LogP contribution in [0.3, 0.4) is 0 Å². The molecule has 2 fully saturated rings. The predicted molar refractivity (Wildman–Crippen MR) is 81.6 cm³/mol. The first-order valence-electron chi connectivity index (χ1n) is 7.60. The van der Waals surface area contributed by atoms with Crippen molar-refractivity contribution in [3.63, 3.8) is 0 Å². The van der Waals surface area contributed by atoms with E-state index in [-0.39, 0.29) is 5.56 Å². The van der Waals surface area contributed by atoms with E-state index < -0.39 is 0 Å². The predicted octanol–water partition coefficient (Wildman–Crippen LogP) is 3.02. The van der Waals surface area contributed by atoms with Gasteiger partial charge in [0.25, 0.3) is 5.56 Å². The minimum absolute atomic E-state index is 0.0726. The highest BCUT2D eigenvalue weighted by Crippen LogP contribution is 2.48. The van der Waals surface area contributed by atoms with Gasteiger partial charge in [0.2, 0.25) is 0 Å². The Morgan fingerprint density at radius 1 is 1.20 bits per heavy atom. The third-order valence-electron chi connectivity index (χ3n) is 5.35. The second-order valence-corrected chi connectivity index (χ2v) is 6.51. The van der Waals surface area contributed by atoms with Crippen LogP contribution in [0.2, 0.25) is 0 Å². The fraction of sp³-hybridized carbons (Fsp3) is 0.471. The molecule has 1 heterocycles. The summed E-state index contributed by atoms with van der Waals surface area (Å²) >= 11 is 0. The highest BCUT2D eigenvalue weighted by atomic mass is 16.1. The van der Waals surface area contributed by atoms with Crippen molar-refractivity contribution in [2.75, 3.05) is 5.73 Å². The van der Waals surface area contributed by atoms with Crippen LogP contribution in [0.4, 0.5) is 5.82 Å². The van der Waals surface area contributed by atoms with Crippen LogP contribution in [0.1, 0.15) is 25.7 Å². The Hall–Kier alpha value is -1.77. The zero-order valence-corrected chi connectivity index (χ0v) is 11.6. The number of nitrogen functional groups attached to an aromatic ring is 1. The molecule has 0 radical (unpaired) electrons. The summed E-state index contributed by atoms with van der Waals surface area (Å²) in [5.41, 5.74) is 6.20. The number of hydrogen-bond acceptors (Lipinski definition) is 2. The Bertz CT molecular complexity index is 718. The minimum atomic E-state index is 0.0726. The maximum Gasteiger partial charge on any atom is 0.259 e. The van der Waals surface area contributed by atoms with E-state index in [4.69, 9.17) is 5.73 Å². The summed E-state index contributed by atoms with van der Waals surface area (Å²) in [5, 5.41) is 1.73. The number of pyridine rings is 1. The molecule has 2 aromatic rings. The molecule has 2 saturated carbocycles. The van der Waals surface area contributed by atoms with Crippen molar-refractivity contribution in [1.82, 2.24) is 4.57 Å². The molecule has 0 spiro atoms. The SMILES string of the molecule is Nc1cc2ccccc2c(=O)n1CC1CC2CCC1C2. The Labute approximate surface area is 118 Å². The average Bonchev–Trinajstić information content (AvgIpc) is 3.06. The maximum absolute atomic E-state index is 12.6. The zero-order valence-electron chi connectivity index (χ0n) is 11.6. The van der Waals surface area contributed by atoms with Gasteiger partial charge < -0.3 is 5.73 Å². The molecule has 2 aliphatic rings. The molecule has 0 aliphatic heterocycles. The number of rotatable bonds is 2. The number of fused-ring (bicyclic) bond motifs is 3. The summed E-state index contributed by atoms with van der Waals surface area (Å²) in [4.78, 5) is 12.6. The fourth-order valence-electron chi connectivity index (χ4n) is 4.34. The molecule has 4 rings (SSSR count). The van der Waals surface area contributed by atoms with E-state index in [1.54, 1.807) is 4.57 Å². The lowest BCUT2D eigenvalue weighted by atomic mass is 9.88. The van der Waals surface area contributed by atoms with Crippen LogP contribution in [0.15, 0.2) is 35.1 Å². The molecule has 2 N–H and O–H groups in total. The molecule has 20 heavy (non-hydrogen) atoms. The highest BCUT2D eigenvalue weighted by molar-refractivity contribution is 5.83. The minimum Gasteiger partial charge on any atom is -0.385 e. The van der Waals surface area contributed by atoms with Gasteiger partial charge in [0.1, 0.15) is 5.82 Å². The summed E-state index contributed by atoms with van der Waals surface area (Å²) < 4.78 is 1.80. The molecular weight excluding hydrogens is 248 g/mol. The highest BCUT2D eigenvalue weighted by Gasteiger charge is 2.39. The van der Waals surface area contributed by atoms with Gasteiger partial charge >= 0.3 is 0 Å². The van der Waals surface area contributed by atoms with Gasteiger partial charge in [-0.3, -0.25) is 9.36 Å². The topological polar surface area (TPSA) is 48.0 Å². The summed E-state index contributed by atoms with van der Waals surface area (Å²) in [7, 11) is 0. The number of hydrogen-bond donors (Lipinski definition) is 1. The van der Waals surface area contributed by atoms with Gasteiger partial charge in [-0.25, -0.2) is 0 Å². The van der Waals surface area contributed by atoms with Gasteiger partial charge in [-0.05, 0) is 54.5 Å². The molecule has 3 heteroatoms. The van der Waals surface area contributed by atoms with Crippen LogP contribution < -0.4 is 11.3 Å². The lowest BCUT2D eigenvalue weighted by molar-refractivity contribution is 0.295. The quantitative estimate of drug-likeness (QED) is 0.910. The summed E-state index contributed by atoms with van der Waals surface area (Å²) in [5.74, 6) is 2.98. The van der Waals surface area contributed by atoms with Gasteiger partial charge in [-0.2, -0.15) is 0 Å². The molecule has 3 nitrogen and oxygen atoms in total. The van der Waals surface area contributed by atoms with Crippen LogP contribution in [-0.2, 0) is 6.54 Å². The van der Waals surface area contributed by atoms with E-state index in [0.717, 1.165) is 29.2 Å². The van der Waals surface area contributed by atoms with Gasteiger partial charge in [0.05, 0.1) is 0 Å². The molecule has 3 atom stereocenters. The first-order chi connectivity index (χ1) is 9.72. The second kappa shape index (κ2) is 4.37. The molecule has 2 bridgehead atoms. The molecule has 1 aromatic carbocycles. The first kappa shape index (κ1) is 12.0. The van der Waals surface area contributed by atoms with E-state index in [1.165, 1.54) is 25.7 Å². The first-order valence-corrected chi connectivity index (χ1v) is 7.60. The normalized spacial score (nSPS) is 28.3. The van der Waals surface area contributed by atoms with Gasteiger partial charge in [-0.15, -0.1) is 0 Å². The lowest BCUT2D eigenvalue weighted by Gasteiger charge is -2.23. The Balaban J connectivity index is 1.74. The monoisotopic (exact) mass is 268 g/mol. The summed E-state index contributed by atoms with van der Waals surface area (Å²) in [6, 6.07) is 9.65. The zero-order chi connectivity index (χ0) is 13.7. The van der Waals surface area contributed by atoms with Crippen LogP contribution in [0.25, 0.3) is 10.8 Å². The third kappa shape index (κ3) is 1.76. The standard InChI is InChI=1S/C17H20N2O/c18-16-9-13-3-1-2-4-15(13)17(20)19(16)10-14-8-11-5-6-12(14)7-11/h1-4,9,11-12,14H,5-8,10,18H2. The molecule has 3 unspecified atom stereocenters. The summed E-state index contributed by atoms with van der Waals surface area (Å²) in [6.45, 7) is 0.802. The molecule has 1 aromatic heterocycles. The van der Waals surface area contributed by atoms with E-state index in [1.807, 2.05) is 30.3 Å². The second-order valence-electron chi connectivity index (χ2n) is 6.51. The number of nitrogens with two attached hydrogens (primary N) is 1. The average molecular weight is 268 g/mol. The Morgan fingerprint density at radius 2 is 2.05 bits per heavy atom. The van der Waals surface area contributed by atoms with Crippen molar-refractivity contribution < 1.29 is 0 Å². The Morgan fingerprint density at radius 3 is 2.80 bits per heavy atom. The third-order valence-corrected chi connectivity index (χ3v) is 5.35. The van der Waals surface area contributed by atoms with Gasteiger partial charge in [0.15, 0.2) is 0 Å². The van der Waals surface area contributed by atoms with Crippen LogP contribution in [0, 0.1) is 17.8 Å². The van der Waals surface area contributed by atoms with E-state index >= 15 is 0 Å². The molecule has 0 saturated heterocycles. The van der Waals surface area contributed by atoms with Crippen LogP contribution in [-0.4, -0.2) is 4.57 Å². The smallest absolute Gasteiger partial charge is 0.259 e. The number of aromatic nitrogens is 1. The number of anilines is 1. The van der Waals surface area contributed by atoms with E-state index in [9.17, 15) is 4.79 Å². The lowest BCUT2D eigenvalue weighted by Crippen LogP contribution is -2.28. The fourth-order valence-corrected chi connectivity index (χ4v) is 4.34. The Kier molecular flexibility index (Phi) is 2.62. The van der Waals surface area contributed by atoms with Crippen LogP contribution in [0.5, 0.6) is 0 Å². The van der Waals surface area contributed by atoms with E-state index in [0.29, 0.717) is 11.7 Å². The van der Waals surface area contributed by atoms with Gasteiger partial charge in [0, 0.05) is 11.9 Å². The van der Waals surface area contributed by atoms with Crippen molar-refractivity contribution in [3.8, 4) is 0 Å². The van der Waals surface area contributed by atoms with E-state index in [2.05, 4.69) is 0 Å². The number of nitrogens with zero attached hydrogens (tertiary/aromatic N) is 1. The molecule has 0 amide bonds. The molecule has 104 valence electrons. The van der Waals surface area contributed by atoms with Crippen molar-refractivity contribution >= 4 is 16.6 Å². The maximum atomic E-state index is 12.6. The molecular formula is C17H20N2O. The van der Waals surface area contributed by atoms with Crippen molar-refractivity contribution in [2.45, 2.75) is 32.2 Å². The van der Waals surface area contributed by atoms with Gasteiger partial charge in [-0.1, -0.05) is 24.6 Å². The molecule has 2 aliphatic carbocycles. The van der Waals surface area contributed by atoms with Crippen molar-refractivity contribution in [1.29, 1.82) is 0 Å².